The van der Waals surface area contributed by atoms with Gasteiger partial charge >= 0.3 is 5.97 Å². The molecule has 0 bridgehead atoms. The van der Waals surface area contributed by atoms with Crippen molar-refractivity contribution in [2.45, 2.75) is 32.1 Å². The number of nitrogens with zero attached hydrogens (tertiary/aromatic N) is 1. The number of esters is 1. The van der Waals surface area contributed by atoms with E-state index in [1.807, 2.05) is 24.3 Å². The van der Waals surface area contributed by atoms with E-state index in [0.29, 0.717) is 10.8 Å². The number of rotatable bonds is 8. The van der Waals surface area contributed by atoms with E-state index in [9.17, 15) is 10.1 Å². The molecule has 0 saturated heterocycles. The molecule has 0 spiro atoms. The molecule has 0 heterocycles. The molecule has 2 aromatic rings. The van der Waals surface area contributed by atoms with Gasteiger partial charge in [-0.25, -0.2) is 0 Å². The third-order valence-electron chi connectivity index (χ3n) is 4.14. The predicted molar refractivity (Wildman–Crippen MR) is 109 cm³/mol. The van der Waals surface area contributed by atoms with Gasteiger partial charge in [0.1, 0.15) is 18.3 Å². The number of carbonyl (C=O) groups is 1. The van der Waals surface area contributed by atoms with Crippen LogP contribution < -0.4 is 4.74 Å². The number of methoxy groups -OCH3 is 1. The first-order chi connectivity index (χ1) is 13.0. The van der Waals surface area contributed by atoms with E-state index in [-0.39, 0.29) is 19.0 Å². The standard InChI is InChI=1S/C21H21BrClNO3/c1-3-4-15-6-7-17(23)11-18(15)16(12-24)13-27-20-8-5-14(9-19(20)22)10-21(25)26-2/h5-9,11,16H,3-4,10,13H2,1-2H3. The Kier molecular flexibility index (Phi) is 8.15. The third-order valence-corrected chi connectivity index (χ3v) is 4.99. The fraction of sp³-hybridized carbons (Fsp3) is 0.333. The molecule has 0 aliphatic heterocycles. The Labute approximate surface area is 173 Å². The quantitative estimate of drug-likeness (QED) is 0.501. The molecule has 0 radical (unpaired) electrons. The molecule has 2 rings (SSSR count). The lowest BCUT2D eigenvalue weighted by Crippen LogP contribution is -2.11. The van der Waals surface area contributed by atoms with Crippen molar-refractivity contribution in [1.29, 1.82) is 5.26 Å². The molecule has 4 nitrogen and oxygen atoms in total. The molecular weight excluding hydrogens is 430 g/mol. The van der Waals surface area contributed by atoms with Crippen molar-refractivity contribution in [1.82, 2.24) is 0 Å². The van der Waals surface area contributed by atoms with Crippen LogP contribution >= 0.6 is 27.5 Å². The Hall–Kier alpha value is -2.03. The number of carbonyl (C=O) groups excluding carboxylic acids is 1. The van der Waals surface area contributed by atoms with Crippen molar-refractivity contribution in [3.8, 4) is 11.8 Å². The van der Waals surface area contributed by atoms with Gasteiger partial charge in [0.05, 0.1) is 24.1 Å². The lowest BCUT2D eigenvalue weighted by atomic mass is 9.93. The second-order valence-electron chi connectivity index (χ2n) is 6.10. The Balaban J connectivity index is 2.14. The van der Waals surface area contributed by atoms with Crippen molar-refractivity contribution in [2.75, 3.05) is 13.7 Å². The maximum absolute atomic E-state index is 11.4. The summed E-state index contributed by atoms with van der Waals surface area (Å²) in [4.78, 5) is 11.4. The Bertz CT molecular complexity index is 848. The summed E-state index contributed by atoms with van der Waals surface area (Å²) in [7, 11) is 1.36. The van der Waals surface area contributed by atoms with Crippen LogP contribution in [0.1, 0.15) is 36.0 Å². The van der Waals surface area contributed by atoms with Crippen LogP contribution in [0, 0.1) is 11.3 Å². The van der Waals surface area contributed by atoms with Crippen LogP contribution in [-0.4, -0.2) is 19.7 Å². The maximum atomic E-state index is 11.4. The highest BCUT2D eigenvalue weighted by Crippen LogP contribution is 2.29. The molecule has 0 aromatic heterocycles. The van der Waals surface area contributed by atoms with Crippen LogP contribution in [-0.2, 0) is 22.4 Å². The summed E-state index contributed by atoms with van der Waals surface area (Å²) in [5, 5.41) is 10.3. The maximum Gasteiger partial charge on any atom is 0.309 e. The normalized spacial score (nSPS) is 11.5. The monoisotopic (exact) mass is 449 g/mol. The highest BCUT2D eigenvalue weighted by Gasteiger charge is 2.17. The highest BCUT2D eigenvalue weighted by molar-refractivity contribution is 9.10. The minimum Gasteiger partial charge on any atom is -0.491 e. The van der Waals surface area contributed by atoms with Gasteiger partial charge in [-0.3, -0.25) is 4.79 Å². The Morgan fingerprint density at radius 2 is 2.07 bits per heavy atom. The summed E-state index contributed by atoms with van der Waals surface area (Å²) in [5.41, 5.74) is 2.84. The van der Waals surface area contributed by atoms with Crippen LogP contribution in [0.15, 0.2) is 40.9 Å². The molecule has 0 saturated carbocycles. The third kappa shape index (κ3) is 5.98. The average Bonchev–Trinajstić information content (AvgIpc) is 2.65. The van der Waals surface area contributed by atoms with Gasteiger partial charge in [0, 0.05) is 5.02 Å². The van der Waals surface area contributed by atoms with Crippen molar-refractivity contribution in [3.05, 3.63) is 62.6 Å². The molecule has 27 heavy (non-hydrogen) atoms. The molecule has 0 aliphatic carbocycles. The predicted octanol–water partition coefficient (Wildman–Crippen LogP) is 5.46. The summed E-state index contributed by atoms with van der Waals surface area (Å²) in [6, 6.07) is 13.4. The molecule has 0 aliphatic rings. The van der Waals surface area contributed by atoms with Crippen LogP contribution in [0.3, 0.4) is 0 Å². The fourth-order valence-corrected chi connectivity index (χ4v) is 3.49. The zero-order chi connectivity index (χ0) is 19.8. The molecule has 0 fully saturated rings. The van der Waals surface area contributed by atoms with E-state index in [2.05, 4.69) is 33.7 Å². The van der Waals surface area contributed by atoms with Crippen LogP contribution in [0.5, 0.6) is 5.75 Å². The topological polar surface area (TPSA) is 59.3 Å². The summed E-state index contributed by atoms with van der Waals surface area (Å²) < 4.78 is 11.3. The zero-order valence-corrected chi connectivity index (χ0v) is 17.6. The van der Waals surface area contributed by atoms with Crippen molar-refractivity contribution >= 4 is 33.5 Å². The molecular formula is C21H21BrClNO3. The van der Waals surface area contributed by atoms with E-state index in [0.717, 1.165) is 34.0 Å². The van der Waals surface area contributed by atoms with E-state index < -0.39 is 5.92 Å². The van der Waals surface area contributed by atoms with Gasteiger partial charge in [-0.15, -0.1) is 0 Å². The van der Waals surface area contributed by atoms with E-state index >= 15 is 0 Å². The Morgan fingerprint density at radius 1 is 1.30 bits per heavy atom. The smallest absolute Gasteiger partial charge is 0.309 e. The van der Waals surface area contributed by atoms with Gasteiger partial charge in [-0.2, -0.15) is 5.26 Å². The van der Waals surface area contributed by atoms with Crippen LogP contribution in [0.2, 0.25) is 5.02 Å². The van der Waals surface area contributed by atoms with Gasteiger partial charge in [-0.05, 0) is 63.3 Å². The minimum atomic E-state index is -0.424. The largest absolute Gasteiger partial charge is 0.491 e. The fourth-order valence-electron chi connectivity index (χ4n) is 2.77. The zero-order valence-electron chi connectivity index (χ0n) is 15.3. The van der Waals surface area contributed by atoms with E-state index in [4.69, 9.17) is 16.3 Å². The first-order valence-corrected chi connectivity index (χ1v) is 9.81. The molecule has 1 unspecified atom stereocenters. The van der Waals surface area contributed by atoms with Gasteiger partial charge in [-0.1, -0.05) is 37.1 Å². The number of nitriles is 1. The molecule has 1 atom stereocenters. The van der Waals surface area contributed by atoms with Crippen LogP contribution in [0.25, 0.3) is 0 Å². The van der Waals surface area contributed by atoms with E-state index in [1.54, 1.807) is 12.1 Å². The lowest BCUT2D eigenvalue weighted by molar-refractivity contribution is -0.139. The minimum absolute atomic E-state index is 0.194. The number of benzene rings is 2. The van der Waals surface area contributed by atoms with Crippen LogP contribution in [0.4, 0.5) is 0 Å². The average molecular weight is 451 g/mol. The first-order valence-electron chi connectivity index (χ1n) is 8.64. The SMILES string of the molecule is CCCc1ccc(Cl)cc1C(C#N)COc1ccc(CC(=O)OC)cc1Br. The second kappa shape index (κ2) is 10.3. The number of hydrogen-bond acceptors (Lipinski definition) is 4. The molecule has 142 valence electrons. The summed E-state index contributed by atoms with van der Waals surface area (Å²) >= 11 is 9.59. The van der Waals surface area contributed by atoms with Gasteiger partial charge < -0.3 is 9.47 Å². The number of ether oxygens (including phenoxy) is 2. The van der Waals surface area contributed by atoms with Gasteiger partial charge in [0.15, 0.2) is 0 Å². The van der Waals surface area contributed by atoms with Gasteiger partial charge in [0.2, 0.25) is 0 Å². The number of hydrogen-bond donors (Lipinski definition) is 0. The van der Waals surface area contributed by atoms with Crippen molar-refractivity contribution in [2.24, 2.45) is 0 Å². The highest BCUT2D eigenvalue weighted by atomic mass is 79.9. The number of halogens is 2. The molecule has 6 heteroatoms. The summed E-state index contributed by atoms with van der Waals surface area (Å²) in [5.74, 6) is -0.112. The summed E-state index contributed by atoms with van der Waals surface area (Å²) in [6.45, 7) is 2.31. The lowest BCUT2D eigenvalue weighted by Gasteiger charge is -2.16. The first kappa shape index (κ1) is 21.3. The molecule has 0 amide bonds. The molecule has 2 aromatic carbocycles. The van der Waals surface area contributed by atoms with E-state index in [1.165, 1.54) is 7.11 Å². The second-order valence-corrected chi connectivity index (χ2v) is 7.39. The molecule has 0 N–H and O–H groups in total. The van der Waals surface area contributed by atoms with Crippen molar-refractivity contribution in [3.63, 3.8) is 0 Å². The number of aryl methyl sites for hydroxylation is 1. The Morgan fingerprint density at radius 3 is 2.70 bits per heavy atom. The van der Waals surface area contributed by atoms with Gasteiger partial charge in [0.25, 0.3) is 0 Å². The summed E-state index contributed by atoms with van der Waals surface area (Å²) in [6.07, 6.45) is 2.07. The van der Waals surface area contributed by atoms with Crippen molar-refractivity contribution < 1.29 is 14.3 Å².